The van der Waals surface area contributed by atoms with Crippen molar-refractivity contribution in [1.82, 2.24) is 4.90 Å². The topological polar surface area (TPSA) is 21.7 Å². The van der Waals surface area contributed by atoms with Crippen LogP contribution in [0, 0.1) is 17.3 Å². The molecule has 0 amide bonds. The molecule has 2 rings (SSSR count). The molecule has 0 radical (unpaired) electrons. The molecule has 3 heteroatoms. The summed E-state index contributed by atoms with van der Waals surface area (Å²) in [6, 6.07) is 0.510. The lowest BCUT2D eigenvalue weighted by atomic mass is 9.68. The Morgan fingerprint density at radius 3 is 2.25 bits per heavy atom. The third kappa shape index (κ3) is 3.05. The number of fused-ring (bicyclic) bond motifs is 2. The van der Waals surface area contributed by atoms with Crippen molar-refractivity contribution in [3.63, 3.8) is 0 Å². The van der Waals surface area contributed by atoms with Crippen LogP contribution in [0.3, 0.4) is 0 Å². The number of nitrogens with zero attached hydrogens (tertiary/aromatic N) is 1. The van der Waals surface area contributed by atoms with Crippen molar-refractivity contribution in [3.8, 4) is 0 Å². The summed E-state index contributed by atoms with van der Waals surface area (Å²) >= 11 is 0. The second kappa shape index (κ2) is 5.58. The first-order chi connectivity index (χ1) is 9.16. The van der Waals surface area contributed by atoms with Gasteiger partial charge in [-0.25, -0.2) is 0 Å². The van der Waals surface area contributed by atoms with Crippen LogP contribution in [0.25, 0.3) is 0 Å². The van der Waals surface area contributed by atoms with Gasteiger partial charge in [0.2, 0.25) is 0 Å². The standard InChI is InChI=1S/C17H33NO2/c1-8-20-14-12-9-18(17(5,6)7)15(16(2,3)4)13(14)11-19-10-12/h12-15H,8-11H2,1-7H3. The van der Waals surface area contributed by atoms with Crippen LogP contribution in [0.5, 0.6) is 0 Å². The van der Waals surface area contributed by atoms with Gasteiger partial charge in [0, 0.05) is 36.6 Å². The maximum Gasteiger partial charge on any atom is 0.0702 e. The third-order valence-corrected chi connectivity index (χ3v) is 4.81. The Balaban J connectivity index is 2.34. The van der Waals surface area contributed by atoms with Gasteiger partial charge in [0.25, 0.3) is 0 Å². The number of likely N-dealkylation sites (tertiary alicyclic amines) is 1. The van der Waals surface area contributed by atoms with Crippen molar-refractivity contribution in [2.45, 2.75) is 66.2 Å². The first-order valence-corrected chi connectivity index (χ1v) is 8.12. The monoisotopic (exact) mass is 283 g/mol. The second-order valence-electron chi connectivity index (χ2n) is 8.52. The predicted octanol–water partition coefficient (Wildman–Crippen LogP) is 3.18. The average Bonchev–Trinajstić information content (AvgIpc) is 2.25. The van der Waals surface area contributed by atoms with Crippen molar-refractivity contribution >= 4 is 0 Å². The summed E-state index contributed by atoms with van der Waals surface area (Å²) in [4.78, 5) is 2.71. The van der Waals surface area contributed by atoms with Crippen LogP contribution in [0.15, 0.2) is 0 Å². The summed E-state index contributed by atoms with van der Waals surface area (Å²) in [6.45, 7) is 19.8. The highest BCUT2D eigenvalue weighted by molar-refractivity contribution is 5.04. The van der Waals surface area contributed by atoms with Gasteiger partial charge in [0.05, 0.1) is 19.3 Å². The molecule has 2 heterocycles. The van der Waals surface area contributed by atoms with Crippen LogP contribution in [0.1, 0.15) is 48.5 Å². The van der Waals surface area contributed by atoms with Crippen LogP contribution in [-0.4, -0.2) is 49.0 Å². The molecular formula is C17H33NO2. The molecule has 0 aromatic carbocycles. The largest absolute Gasteiger partial charge is 0.381 e. The lowest BCUT2D eigenvalue weighted by molar-refractivity contribution is -0.199. The van der Waals surface area contributed by atoms with Crippen LogP contribution >= 0.6 is 0 Å². The van der Waals surface area contributed by atoms with Crippen molar-refractivity contribution < 1.29 is 9.47 Å². The molecule has 0 saturated carbocycles. The van der Waals surface area contributed by atoms with E-state index in [0.717, 1.165) is 26.4 Å². The van der Waals surface area contributed by atoms with E-state index < -0.39 is 0 Å². The summed E-state index contributed by atoms with van der Waals surface area (Å²) < 4.78 is 12.0. The van der Waals surface area contributed by atoms with Gasteiger partial charge < -0.3 is 9.47 Å². The molecule has 2 aliphatic heterocycles. The number of hydrogen-bond acceptors (Lipinski definition) is 3. The molecule has 0 aliphatic carbocycles. The summed E-state index contributed by atoms with van der Waals surface area (Å²) in [7, 11) is 0. The normalized spacial score (nSPS) is 36.1. The molecule has 0 N–H and O–H groups in total. The molecule has 2 bridgehead atoms. The summed E-state index contributed by atoms with van der Waals surface area (Å²) in [6.07, 6.45) is 0.372. The van der Waals surface area contributed by atoms with Crippen LogP contribution in [-0.2, 0) is 9.47 Å². The fourth-order valence-corrected chi connectivity index (χ4v) is 4.17. The van der Waals surface area contributed by atoms with Crippen LogP contribution in [0.2, 0.25) is 0 Å². The van der Waals surface area contributed by atoms with E-state index in [4.69, 9.17) is 9.47 Å². The fraction of sp³-hybridized carbons (Fsp3) is 1.00. The highest BCUT2D eigenvalue weighted by atomic mass is 16.5. The van der Waals surface area contributed by atoms with E-state index in [1.165, 1.54) is 0 Å². The smallest absolute Gasteiger partial charge is 0.0702 e. The highest BCUT2D eigenvalue weighted by Crippen LogP contribution is 2.44. The predicted molar refractivity (Wildman–Crippen MR) is 82.9 cm³/mol. The van der Waals surface area contributed by atoms with Gasteiger partial charge in [0.1, 0.15) is 0 Å². The average molecular weight is 283 g/mol. The zero-order valence-electron chi connectivity index (χ0n) is 14.4. The van der Waals surface area contributed by atoms with E-state index in [2.05, 4.69) is 53.4 Å². The van der Waals surface area contributed by atoms with Gasteiger partial charge in [-0.1, -0.05) is 20.8 Å². The van der Waals surface area contributed by atoms with E-state index >= 15 is 0 Å². The Kier molecular flexibility index (Phi) is 4.54. The van der Waals surface area contributed by atoms with E-state index in [1.807, 2.05) is 0 Å². The summed E-state index contributed by atoms with van der Waals surface area (Å²) in [5.74, 6) is 1.01. The number of hydrogen-bond donors (Lipinski definition) is 0. The molecule has 2 saturated heterocycles. The minimum atomic E-state index is 0.197. The van der Waals surface area contributed by atoms with Crippen molar-refractivity contribution in [3.05, 3.63) is 0 Å². The molecule has 20 heavy (non-hydrogen) atoms. The van der Waals surface area contributed by atoms with Gasteiger partial charge in [-0.2, -0.15) is 0 Å². The Labute approximate surface area is 125 Å². The van der Waals surface area contributed by atoms with E-state index in [9.17, 15) is 0 Å². The maximum atomic E-state index is 6.13. The fourth-order valence-electron chi connectivity index (χ4n) is 4.17. The first kappa shape index (κ1) is 16.3. The van der Waals surface area contributed by atoms with Gasteiger partial charge >= 0.3 is 0 Å². The van der Waals surface area contributed by atoms with Gasteiger partial charge in [-0.15, -0.1) is 0 Å². The minimum absolute atomic E-state index is 0.197. The molecule has 0 spiro atoms. The van der Waals surface area contributed by atoms with Crippen LogP contribution < -0.4 is 0 Å². The Hall–Kier alpha value is -0.120. The van der Waals surface area contributed by atoms with E-state index in [1.54, 1.807) is 0 Å². The molecule has 4 unspecified atom stereocenters. The molecule has 2 aliphatic rings. The number of ether oxygens (including phenoxy) is 2. The van der Waals surface area contributed by atoms with Crippen LogP contribution in [0.4, 0.5) is 0 Å². The van der Waals surface area contributed by atoms with Crippen molar-refractivity contribution in [2.24, 2.45) is 17.3 Å². The van der Waals surface area contributed by atoms with E-state index in [0.29, 0.717) is 24.0 Å². The van der Waals surface area contributed by atoms with Gasteiger partial charge in [-0.05, 0) is 33.1 Å². The molecular weight excluding hydrogens is 250 g/mol. The maximum absolute atomic E-state index is 6.13. The first-order valence-electron chi connectivity index (χ1n) is 8.12. The van der Waals surface area contributed by atoms with Crippen molar-refractivity contribution in [2.75, 3.05) is 26.4 Å². The van der Waals surface area contributed by atoms with E-state index in [-0.39, 0.29) is 11.0 Å². The molecule has 0 aromatic rings. The Morgan fingerprint density at radius 1 is 1.10 bits per heavy atom. The number of piperidine rings is 1. The Morgan fingerprint density at radius 2 is 1.75 bits per heavy atom. The lowest BCUT2D eigenvalue weighted by Crippen LogP contribution is -2.68. The third-order valence-electron chi connectivity index (χ3n) is 4.81. The molecule has 3 nitrogen and oxygen atoms in total. The Bertz CT molecular complexity index is 329. The summed E-state index contributed by atoms with van der Waals surface area (Å²) in [5.41, 5.74) is 0.432. The highest BCUT2D eigenvalue weighted by Gasteiger charge is 2.52. The van der Waals surface area contributed by atoms with Gasteiger partial charge in [-0.3, -0.25) is 4.90 Å². The lowest BCUT2D eigenvalue weighted by Gasteiger charge is -2.59. The zero-order valence-corrected chi connectivity index (χ0v) is 14.4. The minimum Gasteiger partial charge on any atom is -0.381 e. The quantitative estimate of drug-likeness (QED) is 0.777. The second-order valence-corrected chi connectivity index (χ2v) is 8.52. The van der Waals surface area contributed by atoms with Gasteiger partial charge in [0.15, 0.2) is 0 Å². The number of rotatable bonds is 2. The molecule has 118 valence electrons. The zero-order chi connectivity index (χ0) is 15.1. The molecule has 4 atom stereocenters. The van der Waals surface area contributed by atoms with Crippen molar-refractivity contribution in [1.29, 1.82) is 0 Å². The SMILES string of the molecule is CCOC1C2COCC1C(C(C)(C)C)N(C(C)(C)C)C2. The molecule has 0 aromatic heterocycles. The molecule has 2 fully saturated rings. The summed E-state index contributed by atoms with van der Waals surface area (Å²) in [5, 5.41) is 0.